The zero-order chi connectivity index (χ0) is 13.0. The molecule has 5 nitrogen and oxygen atoms in total. The molecule has 2 heterocycles. The minimum absolute atomic E-state index is 0.137. The molecule has 0 aliphatic carbocycles. The van der Waals surface area contributed by atoms with Gasteiger partial charge in [0.2, 0.25) is 0 Å². The van der Waals surface area contributed by atoms with Crippen molar-refractivity contribution in [3.05, 3.63) is 11.8 Å². The highest BCUT2D eigenvalue weighted by atomic mass is 32.2. The van der Waals surface area contributed by atoms with Gasteiger partial charge in [0.05, 0.1) is 19.0 Å². The quantitative estimate of drug-likeness (QED) is 0.605. The number of anilines is 1. The smallest absolute Gasteiger partial charge is 0.190 e. The summed E-state index contributed by atoms with van der Waals surface area (Å²) in [7, 11) is 0. The number of Topliss-reactive ketones (excluding diaryl/α,β-unsaturated/α-hetero) is 1. The van der Waals surface area contributed by atoms with Crippen LogP contribution in [0.4, 0.5) is 5.82 Å². The molecule has 1 aromatic rings. The monoisotopic (exact) mass is 267 g/mol. The largest absolute Gasteiger partial charge is 0.378 e. The van der Waals surface area contributed by atoms with E-state index in [1.54, 1.807) is 6.92 Å². The summed E-state index contributed by atoms with van der Waals surface area (Å²) in [5, 5.41) is 0.673. The van der Waals surface area contributed by atoms with E-state index >= 15 is 0 Å². The average molecular weight is 267 g/mol. The highest BCUT2D eigenvalue weighted by molar-refractivity contribution is 7.99. The molecule has 0 atom stereocenters. The van der Waals surface area contributed by atoms with Crippen molar-refractivity contribution in [1.82, 2.24) is 9.97 Å². The van der Waals surface area contributed by atoms with Gasteiger partial charge in [-0.15, -0.1) is 0 Å². The Hall–Kier alpha value is -1.14. The van der Waals surface area contributed by atoms with Gasteiger partial charge in [-0.1, -0.05) is 11.8 Å². The van der Waals surface area contributed by atoms with Crippen LogP contribution in [-0.2, 0) is 9.53 Å². The number of carbonyl (C=O) groups is 1. The number of hydrogen-bond donors (Lipinski definition) is 0. The molecular formula is C12H17N3O2S. The number of hydrogen-bond acceptors (Lipinski definition) is 6. The van der Waals surface area contributed by atoms with Gasteiger partial charge < -0.3 is 9.64 Å². The van der Waals surface area contributed by atoms with Gasteiger partial charge in [-0.25, -0.2) is 9.97 Å². The highest BCUT2D eigenvalue weighted by Gasteiger charge is 2.14. The Morgan fingerprint density at radius 2 is 2.17 bits per heavy atom. The van der Waals surface area contributed by atoms with Crippen LogP contribution in [-0.4, -0.2) is 47.8 Å². The van der Waals surface area contributed by atoms with E-state index in [9.17, 15) is 4.79 Å². The number of aromatic nitrogens is 2. The zero-order valence-electron chi connectivity index (χ0n) is 10.7. The molecule has 0 amide bonds. The summed E-state index contributed by atoms with van der Waals surface area (Å²) in [6.07, 6.45) is 0. The molecule has 0 unspecified atom stereocenters. The predicted molar refractivity (Wildman–Crippen MR) is 71.2 cm³/mol. The summed E-state index contributed by atoms with van der Waals surface area (Å²) >= 11 is 1.39. The lowest BCUT2D eigenvalue weighted by Crippen LogP contribution is -2.36. The number of nitrogens with zero attached hydrogens (tertiary/aromatic N) is 3. The summed E-state index contributed by atoms with van der Waals surface area (Å²) in [6, 6.07) is 1.98. The fraction of sp³-hybridized carbons (Fsp3) is 0.583. The second-order valence-electron chi connectivity index (χ2n) is 4.24. The SMILES string of the molecule is CC(=O)CSc1nc(C)cc(N2CCOCC2)n1. The Labute approximate surface area is 111 Å². The number of rotatable bonds is 4. The number of thioether (sulfide) groups is 1. The molecule has 0 radical (unpaired) electrons. The van der Waals surface area contributed by atoms with Gasteiger partial charge in [0.25, 0.3) is 0 Å². The van der Waals surface area contributed by atoms with Crippen LogP contribution in [0.5, 0.6) is 0 Å². The van der Waals surface area contributed by atoms with E-state index in [-0.39, 0.29) is 5.78 Å². The molecule has 0 spiro atoms. The molecule has 18 heavy (non-hydrogen) atoms. The van der Waals surface area contributed by atoms with Crippen molar-refractivity contribution < 1.29 is 9.53 Å². The van der Waals surface area contributed by atoms with Gasteiger partial charge in [-0.2, -0.15) is 0 Å². The summed E-state index contributed by atoms with van der Waals surface area (Å²) in [5.41, 5.74) is 0.928. The van der Waals surface area contributed by atoms with E-state index in [0.717, 1.165) is 37.8 Å². The summed E-state index contributed by atoms with van der Waals surface area (Å²) < 4.78 is 5.33. The maximum atomic E-state index is 11.0. The van der Waals surface area contributed by atoms with Gasteiger partial charge in [-0.3, -0.25) is 4.79 Å². The molecule has 2 rings (SSSR count). The summed E-state index contributed by atoms with van der Waals surface area (Å²) in [4.78, 5) is 22.0. The van der Waals surface area contributed by atoms with Gasteiger partial charge in [-0.05, 0) is 13.8 Å². The third kappa shape index (κ3) is 3.68. The number of carbonyl (C=O) groups excluding carboxylic acids is 1. The minimum atomic E-state index is 0.137. The van der Waals surface area contributed by atoms with Crippen LogP contribution in [0.15, 0.2) is 11.2 Å². The number of ether oxygens (including phenoxy) is 1. The lowest BCUT2D eigenvalue weighted by molar-refractivity contribution is -0.114. The molecule has 0 saturated carbocycles. The van der Waals surface area contributed by atoms with Gasteiger partial charge in [0.15, 0.2) is 5.16 Å². The molecule has 1 saturated heterocycles. The van der Waals surface area contributed by atoms with E-state index < -0.39 is 0 Å². The number of aryl methyl sites for hydroxylation is 1. The van der Waals surface area contributed by atoms with Gasteiger partial charge >= 0.3 is 0 Å². The van der Waals surface area contributed by atoms with Crippen LogP contribution in [0.3, 0.4) is 0 Å². The van der Waals surface area contributed by atoms with Crippen molar-refractivity contribution in [2.75, 3.05) is 37.0 Å². The molecule has 98 valence electrons. The molecule has 6 heteroatoms. The van der Waals surface area contributed by atoms with Crippen LogP contribution in [0.1, 0.15) is 12.6 Å². The first-order valence-electron chi connectivity index (χ1n) is 5.96. The van der Waals surface area contributed by atoms with Crippen molar-refractivity contribution in [1.29, 1.82) is 0 Å². The molecule has 1 aliphatic heterocycles. The Kier molecular flexibility index (Phi) is 4.54. The third-order valence-corrected chi connectivity index (χ3v) is 3.55. The maximum absolute atomic E-state index is 11.0. The molecule has 1 aliphatic rings. The van der Waals surface area contributed by atoms with Crippen molar-refractivity contribution in [2.24, 2.45) is 0 Å². The van der Waals surface area contributed by atoms with Gasteiger partial charge in [0, 0.05) is 24.8 Å². The van der Waals surface area contributed by atoms with Gasteiger partial charge in [0.1, 0.15) is 11.6 Å². The fourth-order valence-corrected chi connectivity index (χ4v) is 2.41. The van der Waals surface area contributed by atoms with Crippen LogP contribution in [0.2, 0.25) is 0 Å². The Morgan fingerprint density at radius 1 is 1.44 bits per heavy atom. The lowest BCUT2D eigenvalue weighted by Gasteiger charge is -2.28. The topological polar surface area (TPSA) is 55.3 Å². The van der Waals surface area contributed by atoms with Crippen LogP contribution >= 0.6 is 11.8 Å². The molecule has 1 aromatic heterocycles. The van der Waals surface area contributed by atoms with E-state index in [1.807, 2.05) is 13.0 Å². The lowest BCUT2D eigenvalue weighted by atomic mass is 10.3. The van der Waals surface area contributed by atoms with Crippen LogP contribution in [0.25, 0.3) is 0 Å². The molecule has 1 fully saturated rings. The minimum Gasteiger partial charge on any atom is -0.378 e. The standard InChI is InChI=1S/C12H17N3O2S/c1-9-7-11(15-3-5-17-6-4-15)14-12(13-9)18-8-10(2)16/h7H,3-6,8H2,1-2H3. The van der Waals surface area contributed by atoms with E-state index in [4.69, 9.17) is 4.74 Å². The average Bonchev–Trinajstić information content (AvgIpc) is 2.37. The van der Waals surface area contributed by atoms with Crippen LogP contribution < -0.4 is 4.90 Å². The Balaban J connectivity index is 2.12. The van der Waals surface area contributed by atoms with Crippen molar-refractivity contribution in [3.8, 4) is 0 Å². The summed E-state index contributed by atoms with van der Waals surface area (Å²) in [5.74, 6) is 1.49. The first kappa shape index (κ1) is 13.3. The Bertz CT molecular complexity index is 433. The first-order valence-corrected chi connectivity index (χ1v) is 6.94. The molecule has 0 aromatic carbocycles. The number of ketones is 1. The molecular weight excluding hydrogens is 250 g/mol. The second-order valence-corrected chi connectivity index (χ2v) is 5.18. The van der Waals surface area contributed by atoms with E-state index in [1.165, 1.54) is 11.8 Å². The van der Waals surface area contributed by atoms with Crippen molar-refractivity contribution in [2.45, 2.75) is 19.0 Å². The van der Waals surface area contributed by atoms with E-state index in [0.29, 0.717) is 10.9 Å². The number of morpholine rings is 1. The fourth-order valence-electron chi connectivity index (χ4n) is 1.71. The normalized spacial score (nSPS) is 15.8. The van der Waals surface area contributed by atoms with Crippen molar-refractivity contribution >= 4 is 23.4 Å². The summed E-state index contributed by atoms with van der Waals surface area (Å²) in [6.45, 7) is 6.70. The van der Waals surface area contributed by atoms with E-state index in [2.05, 4.69) is 14.9 Å². The Morgan fingerprint density at radius 3 is 2.83 bits per heavy atom. The van der Waals surface area contributed by atoms with Crippen molar-refractivity contribution in [3.63, 3.8) is 0 Å². The molecule has 0 N–H and O–H groups in total. The molecule has 0 bridgehead atoms. The third-order valence-electron chi connectivity index (χ3n) is 2.56. The zero-order valence-corrected chi connectivity index (χ0v) is 11.5. The highest BCUT2D eigenvalue weighted by Crippen LogP contribution is 2.19. The first-order chi connectivity index (χ1) is 8.65. The predicted octanol–water partition coefficient (Wildman–Crippen LogP) is 1.30. The second kappa shape index (κ2) is 6.15. The van der Waals surface area contributed by atoms with Crippen LogP contribution in [0, 0.1) is 6.92 Å². The maximum Gasteiger partial charge on any atom is 0.190 e.